The normalized spacial score (nSPS) is 13.1. The van der Waals surface area contributed by atoms with Crippen LogP contribution in [-0.4, -0.2) is 12.4 Å². The molecular formula is C7H6F6. The standard InChI is InChI=1S/C7H6F6/c1-2-3-4-5(6(8,9)10)7(11,12)13/h1,5H,3-4H2. The van der Waals surface area contributed by atoms with Gasteiger partial charge in [0.05, 0.1) is 0 Å². The fourth-order valence-electron chi connectivity index (χ4n) is 0.741. The molecule has 0 aliphatic carbocycles. The SMILES string of the molecule is C#CCCC(C(F)(F)F)C(F)(F)F. The van der Waals surface area contributed by atoms with Crippen molar-refractivity contribution in [1.29, 1.82) is 0 Å². The summed E-state index contributed by atoms with van der Waals surface area (Å²) in [6.45, 7) is 0. The van der Waals surface area contributed by atoms with E-state index < -0.39 is 31.1 Å². The van der Waals surface area contributed by atoms with Crippen LogP contribution in [0.25, 0.3) is 0 Å². The van der Waals surface area contributed by atoms with Crippen LogP contribution < -0.4 is 0 Å². The second-order valence-corrected chi connectivity index (χ2v) is 2.38. The van der Waals surface area contributed by atoms with Crippen LogP contribution in [0.5, 0.6) is 0 Å². The van der Waals surface area contributed by atoms with E-state index in [2.05, 4.69) is 6.42 Å². The molecule has 0 heterocycles. The molecule has 0 rings (SSSR count). The minimum Gasteiger partial charge on any atom is -0.170 e. The highest BCUT2D eigenvalue weighted by Gasteiger charge is 2.55. The molecule has 0 aromatic rings. The van der Waals surface area contributed by atoms with Gasteiger partial charge in [0.2, 0.25) is 0 Å². The lowest BCUT2D eigenvalue weighted by Gasteiger charge is -2.21. The Morgan fingerprint density at radius 1 is 1.00 bits per heavy atom. The highest BCUT2D eigenvalue weighted by molar-refractivity contribution is 4.87. The average Bonchev–Trinajstić information content (AvgIpc) is 1.81. The van der Waals surface area contributed by atoms with E-state index in [1.807, 2.05) is 0 Å². The van der Waals surface area contributed by atoms with E-state index in [9.17, 15) is 26.3 Å². The Morgan fingerprint density at radius 3 is 1.62 bits per heavy atom. The summed E-state index contributed by atoms with van der Waals surface area (Å²) in [4.78, 5) is 0. The number of hydrogen-bond donors (Lipinski definition) is 0. The van der Waals surface area contributed by atoms with Crippen molar-refractivity contribution >= 4 is 0 Å². The monoisotopic (exact) mass is 204 g/mol. The molecule has 0 atom stereocenters. The van der Waals surface area contributed by atoms with Gasteiger partial charge in [-0.15, -0.1) is 12.3 Å². The molecule has 0 aromatic heterocycles. The summed E-state index contributed by atoms with van der Waals surface area (Å²) in [5, 5.41) is 0. The summed E-state index contributed by atoms with van der Waals surface area (Å²) >= 11 is 0. The highest BCUT2D eigenvalue weighted by atomic mass is 19.4. The van der Waals surface area contributed by atoms with E-state index in [0.29, 0.717) is 0 Å². The van der Waals surface area contributed by atoms with Crippen LogP contribution in [0.3, 0.4) is 0 Å². The lowest BCUT2D eigenvalue weighted by molar-refractivity contribution is -0.285. The summed E-state index contributed by atoms with van der Waals surface area (Å²) in [5.74, 6) is -1.57. The van der Waals surface area contributed by atoms with Crippen molar-refractivity contribution in [3.8, 4) is 12.3 Å². The zero-order valence-electron chi connectivity index (χ0n) is 6.34. The van der Waals surface area contributed by atoms with E-state index in [0.717, 1.165) is 0 Å². The second-order valence-electron chi connectivity index (χ2n) is 2.38. The summed E-state index contributed by atoms with van der Waals surface area (Å²) in [6, 6.07) is 0. The molecule has 0 aliphatic heterocycles. The smallest absolute Gasteiger partial charge is 0.170 e. The Kier molecular flexibility index (Phi) is 3.64. The Morgan fingerprint density at radius 2 is 1.38 bits per heavy atom. The summed E-state index contributed by atoms with van der Waals surface area (Å²) in [5.41, 5.74) is 0. The van der Waals surface area contributed by atoms with Gasteiger partial charge in [0, 0.05) is 6.42 Å². The van der Waals surface area contributed by atoms with Crippen molar-refractivity contribution in [2.75, 3.05) is 0 Å². The molecule has 0 unspecified atom stereocenters. The lowest BCUT2D eigenvalue weighted by atomic mass is 10.0. The summed E-state index contributed by atoms with van der Waals surface area (Å²) < 4.78 is 70.5. The fraction of sp³-hybridized carbons (Fsp3) is 0.714. The van der Waals surface area contributed by atoms with Gasteiger partial charge in [-0.3, -0.25) is 0 Å². The predicted octanol–water partition coefficient (Wildman–Crippen LogP) is 3.14. The van der Waals surface area contributed by atoms with Gasteiger partial charge < -0.3 is 0 Å². The maximum Gasteiger partial charge on any atom is 0.400 e. The largest absolute Gasteiger partial charge is 0.400 e. The lowest BCUT2D eigenvalue weighted by Crippen LogP contribution is -2.36. The van der Waals surface area contributed by atoms with Crippen LogP contribution in [0.4, 0.5) is 26.3 Å². The molecule has 0 bridgehead atoms. The highest BCUT2D eigenvalue weighted by Crippen LogP contribution is 2.41. The van der Waals surface area contributed by atoms with Gasteiger partial charge >= 0.3 is 12.4 Å². The van der Waals surface area contributed by atoms with Crippen LogP contribution in [0.2, 0.25) is 0 Å². The molecule has 0 amide bonds. The molecule has 13 heavy (non-hydrogen) atoms. The van der Waals surface area contributed by atoms with E-state index in [1.165, 1.54) is 0 Å². The van der Waals surface area contributed by atoms with Crippen LogP contribution in [0.1, 0.15) is 12.8 Å². The molecule has 0 nitrogen and oxygen atoms in total. The molecule has 6 heteroatoms. The van der Waals surface area contributed by atoms with Gasteiger partial charge in [0.15, 0.2) is 5.92 Å². The second kappa shape index (κ2) is 3.90. The number of terminal acetylenes is 1. The van der Waals surface area contributed by atoms with E-state index >= 15 is 0 Å². The van der Waals surface area contributed by atoms with Gasteiger partial charge in [-0.2, -0.15) is 26.3 Å². The van der Waals surface area contributed by atoms with Crippen molar-refractivity contribution < 1.29 is 26.3 Å². The Balaban J connectivity index is 4.50. The third kappa shape index (κ3) is 4.06. The third-order valence-corrected chi connectivity index (χ3v) is 1.37. The van der Waals surface area contributed by atoms with Crippen molar-refractivity contribution in [3.63, 3.8) is 0 Å². The van der Waals surface area contributed by atoms with Crippen LogP contribution >= 0.6 is 0 Å². The molecule has 76 valence electrons. The number of halogens is 6. The van der Waals surface area contributed by atoms with Crippen molar-refractivity contribution in [2.45, 2.75) is 25.2 Å². The Bertz CT molecular complexity index is 178. The molecule has 0 radical (unpaired) electrons. The van der Waals surface area contributed by atoms with Crippen molar-refractivity contribution in [2.24, 2.45) is 5.92 Å². The molecule has 0 saturated carbocycles. The van der Waals surface area contributed by atoms with Gasteiger partial charge in [-0.05, 0) is 6.42 Å². The fourth-order valence-corrected chi connectivity index (χ4v) is 0.741. The Labute approximate surface area is 70.9 Å². The molecule has 0 fully saturated rings. The topological polar surface area (TPSA) is 0 Å². The number of alkyl halides is 6. The Hall–Kier alpha value is -0.860. The zero-order chi connectivity index (χ0) is 10.7. The maximum atomic E-state index is 11.8. The number of rotatable bonds is 2. The first-order chi connectivity index (χ1) is 5.69. The van der Waals surface area contributed by atoms with E-state index in [4.69, 9.17) is 0 Å². The average molecular weight is 204 g/mol. The van der Waals surface area contributed by atoms with Crippen LogP contribution in [0.15, 0.2) is 0 Å². The summed E-state index contributed by atoms with van der Waals surface area (Å²) in [7, 11) is 0. The van der Waals surface area contributed by atoms with Crippen molar-refractivity contribution in [3.05, 3.63) is 0 Å². The number of hydrogen-bond acceptors (Lipinski definition) is 0. The maximum absolute atomic E-state index is 11.8. The predicted molar refractivity (Wildman–Crippen MR) is 33.7 cm³/mol. The van der Waals surface area contributed by atoms with E-state index in [1.54, 1.807) is 5.92 Å². The third-order valence-electron chi connectivity index (χ3n) is 1.37. The minimum absolute atomic E-state index is 0.538. The molecular weight excluding hydrogens is 198 g/mol. The molecule has 0 saturated heterocycles. The van der Waals surface area contributed by atoms with Gasteiger partial charge in [0.1, 0.15) is 0 Å². The van der Waals surface area contributed by atoms with Crippen molar-refractivity contribution in [1.82, 2.24) is 0 Å². The van der Waals surface area contributed by atoms with E-state index in [-0.39, 0.29) is 0 Å². The molecule has 0 spiro atoms. The molecule has 0 aliphatic rings. The van der Waals surface area contributed by atoms with Gasteiger partial charge in [-0.25, -0.2) is 0 Å². The first-order valence-corrected chi connectivity index (χ1v) is 3.26. The minimum atomic E-state index is -5.27. The first kappa shape index (κ1) is 12.1. The zero-order valence-corrected chi connectivity index (χ0v) is 6.34. The summed E-state index contributed by atoms with van der Waals surface area (Å²) in [6.07, 6.45) is -7.60. The first-order valence-electron chi connectivity index (χ1n) is 3.26. The molecule has 0 N–H and O–H groups in total. The quantitative estimate of drug-likeness (QED) is 0.478. The van der Waals surface area contributed by atoms with Gasteiger partial charge in [0.25, 0.3) is 0 Å². The van der Waals surface area contributed by atoms with Gasteiger partial charge in [-0.1, -0.05) is 0 Å². The van der Waals surface area contributed by atoms with Crippen LogP contribution in [-0.2, 0) is 0 Å². The van der Waals surface area contributed by atoms with Crippen LogP contribution in [0, 0.1) is 18.3 Å². The molecule has 0 aromatic carbocycles.